The number of hydrogen-bond acceptors (Lipinski definition) is 2. The van der Waals surface area contributed by atoms with Gasteiger partial charge in [0, 0.05) is 0 Å². The van der Waals surface area contributed by atoms with Crippen molar-refractivity contribution in [3.8, 4) is 12.3 Å². The van der Waals surface area contributed by atoms with Crippen molar-refractivity contribution < 1.29 is 5.11 Å². The summed E-state index contributed by atoms with van der Waals surface area (Å²) < 4.78 is 0. The summed E-state index contributed by atoms with van der Waals surface area (Å²) >= 11 is 0. The van der Waals surface area contributed by atoms with E-state index in [-0.39, 0.29) is 6.61 Å². The highest BCUT2D eigenvalue weighted by atomic mass is 16.3. The Labute approximate surface area is 72.0 Å². The molecular weight excluding hydrogens is 150 g/mol. The fraction of sp³-hybridized carbons (Fsp3) is 0.200. The SMILES string of the molecule is C#CC(N)(CO)c1ccccc1. The Balaban J connectivity index is 3.06. The van der Waals surface area contributed by atoms with Gasteiger partial charge in [0.05, 0.1) is 6.61 Å². The Morgan fingerprint density at radius 1 is 1.42 bits per heavy atom. The lowest BCUT2D eigenvalue weighted by Gasteiger charge is -2.20. The van der Waals surface area contributed by atoms with Gasteiger partial charge in [0.25, 0.3) is 0 Å². The summed E-state index contributed by atoms with van der Waals surface area (Å²) in [6.07, 6.45) is 5.21. The molecule has 1 atom stereocenters. The molecule has 62 valence electrons. The molecule has 1 aromatic carbocycles. The molecule has 0 aliphatic rings. The molecule has 0 aliphatic heterocycles. The van der Waals surface area contributed by atoms with Gasteiger partial charge in [-0.3, -0.25) is 0 Å². The van der Waals surface area contributed by atoms with Crippen LogP contribution in [0.5, 0.6) is 0 Å². The highest BCUT2D eigenvalue weighted by Crippen LogP contribution is 2.15. The number of nitrogens with two attached hydrogens (primary N) is 1. The van der Waals surface area contributed by atoms with Crippen LogP contribution in [0.2, 0.25) is 0 Å². The summed E-state index contributed by atoms with van der Waals surface area (Å²) in [6, 6.07) is 9.15. The van der Waals surface area contributed by atoms with E-state index in [9.17, 15) is 0 Å². The van der Waals surface area contributed by atoms with Crippen molar-refractivity contribution >= 4 is 0 Å². The van der Waals surface area contributed by atoms with E-state index in [1.807, 2.05) is 18.2 Å². The topological polar surface area (TPSA) is 46.2 Å². The molecule has 12 heavy (non-hydrogen) atoms. The van der Waals surface area contributed by atoms with E-state index in [0.717, 1.165) is 5.56 Å². The number of hydrogen-bond donors (Lipinski definition) is 2. The van der Waals surface area contributed by atoms with Crippen molar-refractivity contribution in [2.45, 2.75) is 5.54 Å². The molecule has 0 heterocycles. The predicted octanol–water partition coefficient (Wildman–Crippen LogP) is 0.466. The number of rotatable bonds is 2. The second-order valence-corrected chi connectivity index (χ2v) is 2.64. The second kappa shape index (κ2) is 3.40. The molecule has 0 spiro atoms. The minimum atomic E-state index is -1.04. The highest BCUT2D eigenvalue weighted by Gasteiger charge is 2.22. The first-order valence-corrected chi connectivity index (χ1v) is 3.66. The van der Waals surface area contributed by atoms with Crippen LogP contribution in [0, 0.1) is 12.3 Å². The summed E-state index contributed by atoms with van der Waals surface area (Å²) in [7, 11) is 0. The zero-order valence-corrected chi connectivity index (χ0v) is 6.70. The van der Waals surface area contributed by atoms with Crippen LogP contribution in [0.3, 0.4) is 0 Å². The smallest absolute Gasteiger partial charge is 0.126 e. The number of aliphatic hydroxyl groups excluding tert-OH is 1. The van der Waals surface area contributed by atoms with Gasteiger partial charge in [-0.25, -0.2) is 0 Å². The predicted molar refractivity (Wildman–Crippen MR) is 48.2 cm³/mol. The molecule has 3 N–H and O–H groups in total. The van der Waals surface area contributed by atoms with Gasteiger partial charge in [-0.2, -0.15) is 0 Å². The number of benzene rings is 1. The molecular formula is C10H11NO. The third-order valence-electron chi connectivity index (χ3n) is 1.80. The average Bonchev–Trinajstić information content (AvgIpc) is 2.18. The molecule has 2 nitrogen and oxygen atoms in total. The minimum Gasteiger partial charge on any atom is -0.393 e. The van der Waals surface area contributed by atoms with Gasteiger partial charge in [-0.05, 0) is 5.56 Å². The fourth-order valence-electron chi connectivity index (χ4n) is 0.956. The normalized spacial score (nSPS) is 14.8. The van der Waals surface area contributed by atoms with Gasteiger partial charge in [0.15, 0.2) is 0 Å². The van der Waals surface area contributed by atoms with Gasteiger partial charge in [-0.15, -0.1) is 6.42 Å². The van der Waals surface area contributed by atoms with Crippen LogP contribution in [0.25, 0.3) is 0 Å². The van der Waals surface area contributed by atoms with Crippen LogP contribution in [-0.2, 0) is 5.54 Å². The molecule has 0 saturated carbocycles. The molecule has 1 unspecified atom stereocenters. The molecule has 0 radical (unpaired) electrons. The van der Waals surface area contributed by atoms with Crippen molar-refractivity contribution in [2.75, 3.05) is 6.61 Å². The lowest BCUT2D eigenvalue weighted by atomic mass is 9.93. The van der Waals surface area contributed by atoms with Crippen molar-refractivity contribution in [3.63, 3.8) is 0 Å². The van der Waals surface area contributed by atoms with Crippen molar-refractivity contribution in [1.82, 2.24) is 0 Å². The second-order valence-electron chi connectivity index (χ2n) is 2.64. The third kappa shape index (κ3) is 1.48. The van der Waals surface area contributed by atoms with Crippen LogP contribution in [-0.4, -0.2) is 11.7 Å². The van der Waals surface area contributed by atoms with Gasteiger partial charge in [0.1, 0.15) is 5.54 Å². The average molecular weight is 161 g/mol. The quantitative estimate of drug-likeness (QED) is 0.619. The molecule has 0 bridgehead atoms. The minimum absolute atomic E-state index is 0.243. The summed E-state index contributed by atoms with van der Waals surface area (Å²) in [5.74, 6) is 2.37. The molecule has 2 heteroatoms. The van der Waals surface area contributed by atoms with Gasteiger partial charge < -0.3 is 10.8 Å². The van der Waals surface area contributed by atoms with E-state index in [1.54, 1.807) is 12.1 Å². The van der Waals surface area contributed by atoms with Crippen molar-refractivity contribution in [1.29, 1.82) is 0 Å². The van der Waals surface area contributed by atoms with Gasteiger partial charge in [0.2, 0.25) is 0 Å². The van der Waals surface area contributed by atoms with Crippen LogP contribution in [0.4, 0.5) is 0 Å². The molecule has 0 saturated heterocycles. The summed E-state index contributed by atoms with van der Waals surface area (Å²) in [4.78, 5) is 0. The van der Waals surface area contributed by atoms with Crippen LogP contribution in [0.1, 0.15) is 5.56 Å². The Morgan fingerprint density at radius 3 is 2.42 bits per heavy atom. The molecule has 0 aliphatic carbocycles. The van der Waals surface area contributed by atoms with E-state index < -0.39 is 5.54 Å². The molecule has 1 aromatic rings. The first-order chi connectivity index (χ1) is 5.73. The molecule has 1 rings (SSSR count). The lowest BCUT2D eigenvalue weighted by molar-refractivity contribution is 0.234. The number of terminal acetylenes is 1. The lowest BCUT2D eigenvalue weighted by Crippen LogP contribution is -2.38. The van der Waals surface area contributed by atoms with Crippen LogP contribution >= 0.6 is 0 Å². The maximum Gasteiger partial charge on any atom is 0.126 e. The van der Waals surface area contributed by atoms with Gasteiger partial charge in [-0.1, -0.05) is 36.3 Å². The zero-order valence-electron chi connectivity index (χ0n) is 6.70. The number of aliphatic hydroxyl groups is 1. The monoisotopic (exact) mass is 161 g/mol. The highest BCUT2D eigenvalue weighted by molar-refractivity contribution is 5.32. The maximum absolute atomic E-state index is 8.97. The standard InChI is InChI=1S/C10H11NO/c1-2-10(11,8-12)9-6-4-3-5-7-9/h1,3-7,12H,8,11H2. The third-order valence-corrected chi connectivity index (χ3v) is 1.80. The summed E-state index contributed by atoms with van der Waals surface area (Å²) in [5, 5.41) is 8.97. The van der Waals surface area contributed by atoms with E-state index in [1.165, 1.54) is 0 Å². The fourth-order valence-corrected chi connectivity index (χ4v) is 0.956. The Kier molecular flexibility index (Phi) is 2.49. The molecule has 0 amide bonds. The van der Waals surface area contributed by atoms with Crippen molar-refractivity contribution in [2.24, 2.45) is 5.73 Å². The summed E-state index contributed by atoms with van der Waals surface area (Å²) in [6.45, 7) is -0.243. The Morgan fingerprint density at radius 2 is 2.00 bits per heavy atom. The maximum atomic E-state index is 8.97. The van der Waals surface area contributed by atoms with Crippen LogP contribution < -0.4 is 5.73 Å². The Hall–Kier alpha value is -1.30. The van der Waals surface area contributed by atoms with Crippen LogP contribution in [0.15, 0.2) is 30.3 Å². The first kappa shape index (κ1) is 8.79. The van der Waals surface area contributed by atoms with Gasteiger partial charge >= 0.3 is 0 Å². The largest absolute Gasteiger partial charge is 0.393 e. The van der Waals surface area contributed by atoms with E-state index in [4.69, 9.17) is 17.3 Å². The Bertz CT molecular complexity index is 288. The molecule has 0 aromatic heterocycles. The zero-order chi connectivity index (χ0) is 9.03. The first-order valence-electron chi connectivity index (χ1n) is 3.66. The van der Waals surface area contributed by atoms with E-state index in [2.05, 4.69) is 5.92 Å². The summed E-state index contributed by atoms with van der Waals surface area (Å²) in [5.41, 5.74) is 5.45. The van der Waals surface area contributed by atoms with E-state index >= 15 is 0 Å². The van der Waals surface area contributed by atoms with Crippen molar-refractivity contribution in [3.05, 3.63) is 35.9 Å². The van der Waals surface area contributed by atoms with E-state index in [0.29, 0.717) is 0 Å². The molecule has 0 fully saturated rings.